The number of nitrogens with zero attached hydrogens (tertiary/aromatic N) is 1. The molecular weight excluding hydrogens is 406 g/mol. The maximum atomic E-state index is 13.0. The van der Waals surface area contributed by atoms with Crippen LogP contribution in [0.2, 0.25) is 0 Å². The smallest absolute Gasteiger partial charge is 0.365 e. The second-order valence-corrected chi connectivity index (χ2v) is 6.94. The molecule has 0 saturated heterocycles. The van der Waals surface area contributed by atoms with Crippen molar-refractivity contribution in [1.82, 2.24) is 5.48 Å². The molecule has 1 amide bonds. The van der Waals surface area contributed by atoms with Crippen LogP contribution in [0, 0.1) is 10.1 Å². The first-order valence-electron chi connectivity index (χ1n) is 9.57. The number of rotatable bonds is 6. The molecule has 0 spiro atoms. The first kappa shape index (κ1) is 21.6. The Hall–Kier alpha value is -4.08. The number of fused-ring (bicyclic) bond motifs is 2. The van der Waals surface area contributed by atoms with Crippen LogP contribution in [-0.2, 0) is 9.63 Å². The van der Waals surface area contributed by atoms with Gasteiger partial charge in [0, 0.05) is 23.6 Å². The summed E-state index contributed by atoms with van der Waals surface area (Å²) in [5, 5.41) is 11.6. The summed E-state index contributed by atoms with van der Waals surface area (Å²) < 4.78 is 0. The summed E-state index contributed by atoms with van der Waals surface area (Å²) in [6, 6.07) is 6.61. The van der Waals surface area contributed by atoms with E-state index in [4.69, 9.17) is 10.6 Å². The highest BCUT2D eigenvalue weighted by Crippen LogP contribution is 2.38. The summed E-state index contributed by atoms with van der Waals surface area (Å²) in [5.41, 5.74) is 5.38. The largest absolute Gasteiger partial charge is 0.397 e. The number of hydroxylamine groups is 1. The van der Waals surface area contributed by atoms with Crippen LogP contribution in [0.3, 0.4) is 0 Å². The van der Waals surface area contributed by atoms with Crippen molar-refractivity contribution in [3.63, 3.8) is 0 Å². The zero-order valence-electron chi connectivity index (χ0n) is 16.6. The molecule has 10 heteroatoms. The highest BCUT2D eigenvalue weighted by molar-refractivity contribution is 6.32. The fourth-order valence-corrected chi connectivity index (χ4v) is 3.36. The predicted molar refractivity (Wildman–Crippen MR) is 109 cm³/mol. The van der Waals surface area contributed by atoms with E-state index in [2.05, 4.69) is 0 Å². The second kappa shape index (κ2) is 8.74. The van der Waals surface area contributed by atoms with Crippen molar-refractivity contribution in [2.24, 2.45) is 0 Å². The molecule has 0 radical (unpaired) electrons. The van der Waals surface area contributed by atoms with E-state index in [1.54, 1.807) is 0 Å². The fraction of sp³-hybridized carbons (Fsp3) is 0.238. The van der Waals surface area contributed by atoms with Gasteiger partial charge in [-0.1, -0.05) is 44.0 Å². The molecule has 1 aliphatic carbocycles. The molecular formula is C21H19N3O7. The monoisotopic (exact) mass is 425 g/mol. The van der Waals surface area contributed by atoms with E-state index in [1.807, 2.05) is 12.4 Å². The third kappa shape index (κ3) is 4.00. The molecule has 0 heterocycles. The Labute approximate surface area is 176 Å². The summed E-state index contributed by atoms with van der Waals surface area (Å²) in [6.07, 6.45) is 2.45. The molecule has 3 N–H and O–H groups in total. The van der Waals surface area contributed by atoms with Gasteiger partial charge in [0.25, 0.3) is 11.6 Å². The summed E-state index contributed by atoms with van der Waals surface area (Å²) >= 11 is 0. The summed E-state index contributed by atoms with van der Waals surface area (Å²) in [7, 11) is 0. The maximum Gasteiger partial charge on any atom is 0.365 e. The number of anilines is 1. The van der Waals surface area contributed by atoms with Gasteiger partial charge in [0.15, 0.2) is 5.78 Å². The molecule has 160 valence electrons. The molecule has 0 aliphatic heterocycles. The van der Waals surface area contributed by atoms with Crippen molar-refractivity contribution >= 4 is 34.8 Å². The number of nitro groups is 1. The first-order valence-corrected chi connectivity index (χ1v) is 9.57. The van der Waals surface area contributed by atoms with E-state index in [1.165, 1.54) is 24.3 Å². The summed E-state index contributed by atoms with van der Waals surface area (Å²) in [5.74, 6) is -3.20. The standard InChI is InChI=1S/C21H19N3O7/c1-2-3-4-9-15(25)23-31-21(28)13-10-14(24(29)30)16-17(18(13)22)20(27)12-8-6-5-7-11(12)19(16)26/h5-8,10H,2-4,9,22H2,1H3,(H,23,25). The molecule has 0 aromatic heterocycles. The van der Waals surface area contributed by atoms with Gasteiger partial charge in [-0.2, -0.15) is 5.48 Å². The molecule has 2 aromatic rings. The Morgan fingerprint density at radius 3 is 2.29 bits per heavy atom. The number of unbranched alkanes of at least 4 members (excludes halogenated alkanes) is 2. The molecule has 2 aromatic carbocycles. The number of nitrogens with two attached hydrogens (primary N) is 1. The van der Waals surface area contributed by atoms with Crippen molar-refractivity contribution in [1.29, 1.82) is 0 Å². The van der Waals surface area contributed by atoms with Crippen LogP contribution >= 0.6 is 0 Å². The van der Waals surface area contributed by atoms with Gasteiger partial charge in [-0.25, -0.2) is 4.79 Å². The Kier molecular flexibility index (Phi) is 6.10. The first-order chi connectivity index (χ1) is 14.8. The quantitative estimate of drug-likeness (QED) is 0.264. The average molecular weight is 425 g/mol. The molecule has 0 fully saturated rings. The molecule has 0 unspecified atom stereocenters. The van der Waals surface area contributed by atoms with Gasteiger partial charge >= 0.3 is 5.97 Å². The van der Waals surface area contributed by atoms with Crippen molar-refractivity contribution in [2.45, 2.75) is 32.6 Å². The van der Waals surface area contributed by atoms with E-state index < -0.39 is 56.4 Å². The van der Waals surface area contributed by atoms with Crippen LogP contribution in [0.4, 0.5) is 11.4 Å². The Balaban J connectivity index is 1.99. The number of amides is 1. The lowest BCUT2D eigenvalue weighted by atomic mass is 9.81. The van der Waals surface area contributed by atoms with Gasteiger partial charge in [-0.3, -0.25) is 24.5 Å². The number of hydrogen-bond donors (Lipinski definition) is 2. The number of benzene rings is 2. The van der Waals surface area contributed by atoms with Gasteiger partial charge in [-0.05, 0) is 6.42 Å². The van der Waals surface area contributed by atoms with Gasteiger partial charge in [0.05, 0.1) is 21.7 Å². The van der Waals surface area contributed by atoms with Crippen LogP contribution in [0.25, 0.3) is 0 Å². The molecule has 10 nitrogen and oxygen atoms in total. The van der Waals surface area contributed by atoms with E-state index >= 15 is 0 Å². The van der Waals surface area contributed by atoms with Crippen molar-refractivity contribution in [3.05, 3.63) is 68.3 Å². The zero-order valence-corrected chi connectivity index (χ0v) is 16.6. The Morgan fingerprint density at radius 2 is 1.71 bits per heavy atom. The molecule has 0 bridgehead atoms. The number of nitro benzene ring substituents is 1. The van der Waals surface area contributed by atoms with Gasteiger partial charge in [-0.15, -0.1) is 0 Å². The lowest BCUT2D eigenvalue weighted by molar-refractivity contribution is -0.385. The Morgan fingerprint density at radius 1 is 1.10 bits per heavy atom. The van der Waals surface area contributed by atoms with Gasteiger partial charge in [0.1, 0.15) is 5.56 Å². The number of hydrogen-bond acceptors (Lipinski definition) is 8. The van der Waals surface area contributed by atoms with Crippen LogP contribution in [0.1, 0.15) is 74.8 Å². The van der Waals surface area contributed by atoms with Crippen LogP contribution in [0.15, 0.2) is 30.3 Å². The van der Waals surface area contributed by atoms with Crippen molar-refractivity contribution in [3.8, 4) is 0 Å². The lowest BCUT2D eigenvalue weighted by Crippen LogP contribution is -2.29. The van der Waals surface area contributed by atoms with Gasteiger partial charge < -0.3 is 10.6 Å². The minimum Gasteiger partial charge on any atom is -0.397 e. The van der Waals surface area contributed by atoms with E-state index in [9.17, 15) is 29.3 Å². The van der Waals surface area contributed by atoms with E-state index in [0.717, 1.165) is 18.9 Å². The minimum absolute atomic E-state index is 0.0113. The molecule has 3 rings (SSSR count). The average Bonchev–Trinajstić information content (AvgIpc) is 2.75. The second-order valence-electron chi connectivity index (χ2n) is 6.94. The molecule has 31 heavy (non-hydrogen) atoms. The fourth-order valence-electron chi connectivity index (χ4n) is 3.36. The summed E-state index contributed by atoms with van der Waals surface area (Å²) in [4.78, 5) is 65.5. The SMILES string of the molecule is CCCCCC(=O)NOC(=O)c1cc([N+](=O)[O-])c2c(c1N)C(=O)c1ccccc1C2=O. The molecule has 0 saturated carbocycles. The molecule has 1 aliphatic rings. The van der Waals surface area contributed by atoms with Gasteiger partial charge in [0.2, 0.25) is 5.78 Å². The van der Waals surface area contributed by atoms with E-state index in [-0.39, 0.29) is 17.5 Å². The van der Waals surface area contributed by atoms with Crippen LogP contribution < -0.4 is 11.2 Å². The lowest BCUT2D eigenvalue weighted by Gasteiger charge is -2.20. The third-order valence-corrected chi connectivity index (χ3v) is 4.90. The molecule has 0 atom stereocenters. The number of nitrogen functional groups attached to an aromatic ring is 1. The number of carbonyl (C=O) groups is 4. The third-order valence-electron chi connectivity index (χ3n) is 4.90. The van der Waals surface area contributed by atoms with E-state index in [0.29, 0.717) is 6.42 Å². The van der Waals surface area contributed by atoms with Crippen LogP contribution in [-0.4, -0.2) is 28.4 Å². The topological polar surface area (TPSA) is 159 Å². The minimum atomic E-state index is -1.19. The number of ketones is 2. The number of carbonyl (C=O) groups excluding carboxylic acids is 4. The number of nitrogens with one attached hydrogen (secondary N) is 1. The van der Waals surface area contributed by atoms with Crippen molar-refractivity contribution < 1.29 is 28.9 Å². The summed E-state index contributed by atoms with van der Waals surface area (Å²) in [6.45, 7) is 1.97. The maximum absolute atomic E-state index is 13.0. The van der Waals surface area contributed by atoms with Crippen molar-refractivity contribution in [2.75, 3.05) is 5.73 Å². The zero-order chi connectivity index (χ0) is 22.7. The van der Waals surface area contributed by atoms with Crippen LogP contribution in [0.5, 0.6) is 0 Å². The highest BCUT2D eigenvalue weighted by atomic mass is 16.7. The predicted octanol–water partition coefficient (Wildman–Crippen LogP) is 2.72. The Bertz CT molecular complexity index is 1120. The normalized spacial score (nSPS) is 12.0. The highest BCUT2D eigenvalue weighted by Gasteiger charge is 2.39.